The zero-order valence-corrected chi connectivity index (χ0v) is 48.3. The highest BCUT2D eigenvalue weighted by Gasteiger charge is 2.28. The number of hydrogen-bond donors (Lipinski definition) is 2. The maximum Gasteiger partial charge on any atom is 0.472 e. The number of esters is 3. The predicted octanol–water partition coefficient (Wildman–Crippen LogP) is 17.4. The molecule has 0 rings (SSSR count). The Bertz CT molecular complexity index is 1780. The number of phosphoric acid groups is 1. The third-order valence-electron chi connectivity index (χ3n) is 11.5. The Morgan fingerprint density at radius 2 is 0.684 bits per heavy atom. The van der Waals surface area contributed by atoms with Gasteiger partial charge in [-0.25, -0.2) is 4.57 Å². The van der Waals surface area contributed by atoms with E-state index >= 15 is 0 Å². The number of unbranched alkanes of at least 4 members (excludes halogenated alkanes) is 13. The lowest BCUT2D eigenvalue weighted by Gasteiger charge is -2.21. The van der Waals surface area contributed by atoms with E-state index < -0.39 is 57.8 Å². The van der Waals surface area contributed by atoms with Crippen LogP contribution in [0.1, 0.15) is 213 Å². The first-order valence-corrected chi connectivity index (χ1v) is 30.6. The van der Waals surface area contributed by atoms with Gasteiger partial charge in [-0.1, -0.05) is 193 Å². The average molecular weight is 1080 g/mol. The summed E-state index contributed by atoms with van der Waals surface area (Å²) in [5.74, 6) is -1.58. The van der Waals surface area contributed by atoms with Crippen molar-refractivity contribution in [3.63, 3.8) is 0 Å². The third kappa shape index (κ3) is 54.4. The zero-order valence-electron chi connectivity index (χ0n) is 47.4. The van der Waals surface area contributed by atoms with Crippen molar-refractivity contribution in [2.75, 3.05) is 26.4 Å². The molecule has 0 amide bonds. The van der Waals surface area contributed by atoms with Gasteiger partial charge in [-0.05, 0) is 135 Å². The zero-order chi connectivity index (χ0) is 55.5. The number of carbonyl (C=O) groups is 3. The molecule has 0 aromatic heterocycles. The molecule has 76 heavy (non-hydrogen) atoms. The smallest absolute Gasteiger partial charge is 0.462 e. The van der Waals surface area contributed by atoms with E-state index in [0.29, 0.717) is 19.3 Å². The van der Waals surface area contributed by atoms with E-state index in [4.69, 9.17) is 23.3 Å². The molecule has 3 unspecified atom stereocenters. The van der Waals surface area contributed by atoms with Gasteiger partial charge in [-0.15, -0.1) is 0 Å². The van der Waals surface area contributed by atoms with Crippen molar-refractivity contribution in [2.45, 2.75) is 226 Å². The van der Waals surface area contributed by atoms with Gasteiger partial charge in [0.1, 0.15) is 12.7 Å². The topological polar surface area (TPSA) is 155 Å². The van der Waals surface area contributed by atoms with Crippen molar-refractivity contribution >= 4 is 25.7 Å². The Morgan fingerprint density at radius 3 is 1.09 bits per heavy atom. The van der Waals surface area contributed by atoms with Crippen LogP contribution in [-0.4, -0.2) is 66.5 Å². The van der Waals surface area contributed by atoms with Crippen molar-refractivity contribution in [2.24, 2.45) is 0 Å². The number of rotatable bonds is 52. The van der Waals surface area contributed by atoms with Gasteiger partial charge in [0.25, 0.3) is 0 Å². The van der Waals surface area contributed by atoms with Crippen LogP contribution in [0.15, 0.2) is 134 Å². The standard InChI is InChI=1S/C64H103O11P/c1-4-7-10-13-16-19-22-25-28-29-30-31-34-37-40-43-46-49-52-55-64(68)75-61(57-71-62(66)53-50-47-44-41-38-35-32-26-23-20-17-14-11-8-5-2)59-73-76(69,70)72-58-60(56-65)74-63(67)54-51-48-45-42-39-36-33-27-24-21-18-15-12-9-6-3/h7-8,10-11,16-21,25-28,30-33,37-38,40-41,60-61,65H,4-6,9,12-15,22-24,29,34-36,39,42-59H2,1-3H3,(H,69,70)/b10-7-,11-8-,19-16-,20-17-,21-18-,28-25-,31-30-,32-26-,33-27-,40-37-,41-38-. The number of aliphatic hydroxyl groups excluding tert-OH is 1. The minimum absolute atomic E-state index is 0.111. The Balaban J connectivity index is 4.87. The largest absolute Gasteiger partial charge is 0.472 e. The second-order valence-corrected chi connectivity index (χ2v) is 20.1. The Hall–Kier alpha value is -4.38. The first kappa shape index (κ1) is 71.6. The molecule has 3 atom stereocenters. The number of hydrogen-bond acceptors (Lipinski definition) is 10. The molecule has 0 aromatic rings. The summed E-state index contributed by atoms with van der Waals surface area (Å²) >= 11 is 0. The van der Waals surface area contributed by atoms with Gasteiger partial charge in [0.2, 0.25) is 0 Å². The summed E-state index contributed by atoms with van der Waals surface area (Å²) in [6.07, 6.45) is 71.2. The lowest BCUT2D eigenvalue weighted by molar-refractivity contribution is -0.161. The Morgan fingerprint density at radius 1 is 0.382 bits per heavy atom. The fraction of sp³-hybridized carbons (Fsp3) is 0.609. The van der Waals surface area contributed by atoms with Crippen LogP contribution in [-0.2, 0) is 42.2 Å². The molecule has 2 N–H and O–H groups in total. The van der Waals surface area contributed by atoms with Crippen LogP contribution in [0.2, 0.25) is 0 Å². The van der Waals surface area contributed by atoms with Crippen molar-refractivity contribution in [3.05, 3.63) is 134 Å². The number of ether oxygens (including phenoxy) is 3. The fourth-order valence-electron chi connectivity index (χ4n) is 7.17. The van der Waals surface area contributed by atoms with E-state index in [9.17, 15) is 28.9 Å². The van der Waals surface area contributed by atoms with Crippen LogP contribution in [0, 0.1) is 0 Å². The molecule has 0 aliphatic heterocycles. The molecule has 12 heteroatoms. The summed E-state index contributed by atoms with van der Waals surface area (Å²) in [6, 6.07) is 0. The molecular formula is C64H103O11P. The molecule has 0 aromatic carbocycles. The maximum absolute atomic E-state index is 12.9. The van der Waals surface area contributed by atoms with Crippen molar-refractivity contribution in [1.29, 1.82) is 0 Å². The first-order chi connectivity index (χ1) is 37.2. The maximum atomic E-state index is 12.9. The molecule has 0 bridgehead atoms. The van der Waals surface area contributed by atoms with E-state index in [1.165, 1.54) is 19.3 Å². The van der Waals surface area contributed by atoms with E-state index in [2.05, 4.69) is 154 Å². The summed E-state index contributed by atoms with van der Waals surface area (Å²) in [6.45, 7) is 4.27. The van der Waals surface area contributed by atoms with Crippen molar-refractivity contribution < 1.29 is 52.2 Å². The van der Waals surface area contributed by atoms with Gasteiger partial charge < -0.3 is 24.2 Å². The molecule has 0 radical (unpaired) electrons. The molecule has 0 saturated heterocycles. The van der Waals surface area contributed by atoms with Crippen LogP contribution in [0.25, 0.3) is 0 Å². The molecule has 0 heterocycles. The van der Waals surface area contributed by atoms with Gasteiger partial charge in [0.05, 0.1) is 19.8 Å². The number of aliphatic hydroxyl groups is 1. The van der Waals surface area contributed by atoms with Gasteiger partial charge in [-0.3, -0.25) is 23.4 Å². The normalized spacial score (nSPS) is 14.3. The molecule has 0 saturated carbocycles. The molecule has 11 nitrogen and oxygen atoms in total. The summed E-state index contributed by atoms with van der Waals surface area (Å²) < 4.78 is 39.5. The highest BCUT2D eigenvalue weighted by atomic mass is 31.2. The SMILES string of the molecule is CC/C=C\C/C=C\C/C=C\C/C=C\C/C=C\CCCCCC(=O)OC(COC(=O)CCCC/C=C\C/C=C\C/C=C\C/C=C\CC)COP(=O)(O)OCC(CO)OC(=O)CCCCCCC/C=C\C/C=C\CCCCC. The van der Waals surface area contributed by atoms with Crippen LogP contribution in [0.5, 0.6) is 0 Å². The van der Waals surface area contributed by atoms with Crippen molar-refractivity contribution in [3.8, 4) is 0 Å². The molecule has 0 fully saturated rings. The second kappa shape index (κ2) is 56.8. The number of carbonyl (C=O) groups excluding carboxylic acids is 3. The van der Waals surface area contributed by atoms with E-state index in [0.717, 1.165) is 135 Å². The highest BCUT2D eigenvalue weighted by molar-refractivity contribution is 7.47. The summed E-state index contributed by atoms with van der Waals surface area (Å²) in [7, 11) is -4.78. The van der Waals surface area contributed by atoms with Crippen LogP contribution < -0.4 is 0 Å². The predicted molar refractivity (Wildman–Crippen MR) is 316 cm³/mol. The van der Waals surface area contributed by atoms with E-state index in [1.54, 1.807) is 0 Å². The first-order valence-electron chi connectivity index (χ1n) is 29.1. The monoisotopic (exact) mass is 1080 g/mol. The van der Waals surface area contributed by atoms with Crippen LogP contribution in [0.3, 0.4) is 0 Å². The minimum atomic E-state index is -4.78. The van der Waals surface area contributed by atoms with Crippen LogP contribution >= 0.6 is 7.82 Å². The van der Waals surface area contributed by atoms with Crippen LogP contribution in [0.4, 0.5) is 0 Å². The fourth-order valence-corrected chi connectivity index (χ4v) is 7.95. The lowest BCUT2D eigenvalue weighted by atomic mass is 10.1. The number of allylic oxidation sites excluding steroid dienone is 22. The third-order valence-corrected chi connectivity index (χ3v) is 12.5. The quantitative estimate of drug-likeness (QED) is 0.0197. The molecular weight excluding hydrogens is 976 g/mol. The molecule has 0 aliphatic rings. The summed E-state index contributed by atoms with van der Waals surface area (Å²) in [5, 5.41) is 9.82. The van der Waals surface area contributed by atoms with Crippen molar-refractivity contribution in [1.82, 2.24) is 0 Å². The second-order valence-electron chi connectivity index (χ2n) is 18.7. The average Bonchev–Trinajstić information content (AvgIpc) is 3.41. The van der Waals surface area contributed by atoms with E-state index in [1.807, 2.05) is 0 Å². The molecule has 0 aliphatic carbocycles. The lowest BCUT2D eigenvalue weighted by Crippen LogP contribution is -2.30. The highest BCUT2D eigenvalue weighted by Crippen LogP contribution is 2.43. The summed E-state index contributed by atoms with van der Waals surface area (Å²) in [4.78, 5) is 48.6. The molecule has 0 spiro atoms. The Labute approximate surface area is 461 Å². The number of phosphoric ester groups is 1. The summed E-state index contributed by atoms with van der Waals surface area (Å²) in [5.41, 5.74) is 0. The van der Waals surface area contributed by atoms with Gasteiger partial charge in [0.15, 0.2) is 6.10 Å². The Kier molecular flexibility index (Phi) is 53.5. The van der Waals surface area contributed by atoms with Gasteiger partial charge in [0, 0.05) is 19.3 Å². The molecule has 430 valence electrons. The van der Waals surface area contributed by atoms with Gasteiger partial charge in [-0.2, -0.15) is 0 Å². The van der Waals surface area contributed by atoms with Gasteiger partial charge >= 0.3 is 25.7 Å². The van der Waals surface area contributed by atoms with E-state index in [-0.39, 0.29) is 25.9 Å². The minimum Gasteiger partial charge on any atom is -0.462 e.